The van der Waals surface area contributed by atoms with Crippen molar-refractivity contribution in [2.75, 3.05) is 0 Å². The molecule has 0 amide bonds. The fourth-order valence-corrected chi connectivity index (χ4v) is 12.4. The van der Waals surface area contributed by atoms with Crippen molar-refractivity contribution in [2.24, 2.45) is 0 Å². The maximum absolute atomic E-state index is 13.6. The van der Waals surface area contributed by atoms with E-state index < -0.39 is 12.2 Å². The van der Waals surface area contributed by atoms with Gasteiger partial charge in [0.1, 0.15) is 17.9 Å². The summed E-state index contributed by atoms with van der Waals surface area (Å²) in [6.45, 7) is 2.53. The van der Waals surface area contributed by atoms with Crippen molar-refractivity contribution in [3.8, 4) is 0 Å². The van der Waals surface area contributed by atoms with E-state index in [-0.39, 0.29) is 46.4 Å². The molecule has 0 bridgehead atoms. The summed E-state index contributed by atoms with van der Waals surface area (Å²) in [7, 11) is 0. The summed E-state index contributed by atoms with van der Waals surface area (Å²) in [5, 5.41) is 22.0. The van der Waals surface area contributed by atoms with E-state index in [0.29, 0.717) is 11.1 Å². The first-order chi connectivity index (χ1) is 33.2. The summed E-state index contributed by atoms with van der Waals surface area (Å²) >= 11 is 0. The summed E-state index contributed by atoms with van der Waals surface area (Å²) in [6, 6.07) is 44.2. The van der Waals surface area contributed by atoms with E-state index in [9.17, 15) is 23.8 Å². The maximum Gasteiger partial charge on any atom is 0.137 e. The van der Waals surface area contributed by atoms with E-state index in [2.05, 4.69) is 124 Å². The molecule has 0 radical (unpaired) electrons. The first-order valence-corrected chi connectivity index (χ1v) is 24.9. The molecular formula is C60H67F2N3O3. The highest BCUT2D eigenvalue weighted by Crippen LogP contribution is 2.49. The van der Waals surface area contributed by atoms with Gasteiger partial charge in [0.25, 0.3) is 0 Å². The minimum atomic E-state index is -0.667. The molecule has 5 aromatic rings. The largest absolute Gasteiger partial charge is 0.387 e. The highest BCUT2D eigenvalue weighted by atomic mass is 19.1. The van der Waals surface area contributed by atoms with Gasteiger partial charge in [-0.25, -0.2) is 8.78 Å². The number of carbonyl (C=O) groups excluding carboxylic acids is 1. The first kappa shape index (κ1) is 47.7. The Kier molecular flexibility index (Phi) is 15.1. The quantitative estimate of drug-likeness (QED) is 0.102. The van der Waals surface area contributed by atoms with Gasteiger partial charge in [-0.3, -0.25) is 14.7 Å². The third-order valence-electron chi connectivity index (χ3n) is 16.1. The van der Waals surface area contributed by atoms with Crippen LogP contribution >= 0.6 is 0 Å². The van der Waals surface area contributed by atoms with Crippen LogP contribution in [0.3, 0.4) is 0 Å². The molecule has 8 heteroatoms. The average molecular weight is 916 g/mol. The molecule has 354 valence electrons. The first-order valence-electron chi connectivity index (χ1n) is 24.9. The Labute approximate surface area is 402 Å². The van der Waals surface area contributed by atoms with Crippen molar-refractivity contribution in [1.82, 2.24) is 14.7 Å². The standard InChI is InChI=1S/2C22H24FNO.C16H19NO/c2*23-19-10-6-9-18(15-19)21(25)20-11-14-22(12-4-5-13-22)24(20)16-17-7-2-1-3-8-17;18-13-15-8-11-16(9-4-5-10-16)17(15)12-14-6-2-1-3-7-14/h2*1-10,15,20-21,25H,11-14,16H2;1-7,13,15H,8-12H2/t20-,21+;20-,21-;15-/m111/s1. The van der Waals surface area contributed by atoms with Gasteiger partial charge in [0, 0.05) is 48.3 Å². The highest BCUT2D eigenvalue weighted by Gasteiger charge is 2.50. The summed E-state index contributed by atoms with van der Waals surface area (Å²) < 4.78 is 27.2. The Bertz CT molecular complexity index is 2360. The lowest BCUT2D eigenvalue weighted by Gasteiger charge is -2.40. The van der Waals surface area contributed by atoms with Crippen molar-refractivity contribution in [2.45, 2.75) is 144 Å². The van der Waals surface area contributed by atoms with Crippen molar-refractivity contribution >= 4 is 6.29 Å². The zero-order valence-corrected chi connectivity index (χ0v) is 39.2. The number of aldehydes is 1. The zero-order chi connectivity index (χ0) is 47.0. The minimum Gasteiger partial charge on any atom is -0.387 e. The number of benzene rings is 5. The molecule has 68 heavy (non-hydrogen) atoms. The lowest BCUT2D eigenvalue weighted by atomic mass is 9.93. The number of aliphatic hydroxyl groups excluding tert-OH is 2. The van der Waals surface area contributed by atoms with E-state index in [1.807, 2.05) is 30.3 Å². The zero-order valence-electron chi connectivity index (χ0n) is 39.2. The van der Waals surface area contributed by atoms with Crippen LogP contribution in [0.15, 0.2) is 176 Å². The predicted molar refractivity (Wildman–Crippen MR) is 267 cm³/mol. The van der Waals surface area contributed by atoms with Gasteiger partial charge in [-0.1, -0.05) is 152 Å². The van der Waals surface area contributed by atoms with Gasteiger partial charge in [-0.05, 0) is 129 Å². The number of halogens is 2. The molecule has 6 aliphatic rings. The molecule has 2 N–H and O–H groups in total. The Balaban J connectivity index is 0.000000129. The van der Waals surface area contributed by atoms with E-state index in [1.54, 1.807) is 12.1 Å². The van der Waals surface area contributed by atoms with Gasteiger partial charge in [-0.2, -0.15) is 0 Å². The van der Waals surface area contributed by atoms with Crippen LogP contribution in [0.2, 0.25) is 0 Å². The van der Waals surface area contributed by atoms with Gasteiger partial charge >= 0.3 is 0 Å². The summed E-state index contributed by atoms with van der Waals surface area (Å²) in [5.41, 5.74) is 5.60. The third kappa shape index (κ3) is 10.5. The predicted octanol–water partition coefficient (Wildman–Crippen LogP) is 12.2. The molecule has 0 aromatic heterocycles. The molecule has 3 saturated heterocycles. The van der Waals surface area contributed by atoms with Crippen LogP contribution < -0.4 is 0 Å². The Morgan fingerprint density at radius 2 is 0.809 bits per heavy atom. The molecule has 3 fully saturated rings. The molecular weight excluding hydrogens is 849 g/mol. The van der Waals surface area contributed by atoms with Gasteiger partial charge in [0.05, 0.1) is 18.2 Å². The van der Waals surface area contributed by atoms with Gasteiger partial charge in [-0.15, -0.1) is 0 Å². The van der Waals surface area contributed by atoms with Crippen LogP contribution in [0, 0.1) is 11.6 Å². The molecule has 3 aliphatic carbocycles. The van der Waals surface area contributed by atoms with E-state index in [4.69, 9.17) is 0 Å². The molecule has 3 heterocycles. The monoisotopic (exact) mass is 916 g/mol. The minimum absolute atomic E-state index is 0.0157. The van der Waals surface area contributed by atoms with E-state index in [1.165, 1.54) is 41.0 Å². The highest BCUT2D eigenvalue weighted by molar-refractivity contribution is 5.59. The Morgan fingerprint density at radius 3 is 1.16 bits per heavy atom. The van der Waals surface area contributed by atoms with Crippen LogP contribution in [0.4, 0.5) is 8.78 Å². The lowest BCUT2D eigenvalue weighted by Crippen LogP contribution is -2.47. The fourth-order valence-electron chi connectivity index (χ4n) is 12.4. The summed E-state index contributed by atoms with van der Waals surface area (Å²) in [4.78, 5) is 18.7. The Morgan fingerprint density at radius 1 is 0.471 bits per heavy atom. The fraction of sp³-hybridized carbons (Fsp3) is 0.383. The van der Waals surface area contributed by atoms with Crippen molar-refractivity contribution in [1.29, 1.82) is 0 Å². The molecule has 5 atom stereocenters. The summed E-state index contributed by atoms with van der Waals surface area (Å²) in [6.07, 6.45) is 25.9. The number of carbonyl (C=O) groups is 1. The van der Waals surface area contributed by atoms with Gasteiger partial charge < -0.3 is 15.0 Å². The second-order valence-electron chi connectivity index (χ2n) is 20.1. The number of rotatable bonds is 11. The molecule has 6 nitrogen and oxygen atoms in total. The van der Waals surface area contributed by atoms with Crippen molar-refractivity contribution < 1.29 is 23.8 Å². The number of aliphatic hydroxyl groups is 2. The van der Waals surface area contributed by atoms with E-state index in [0.717, 1.165) is 103 Å². The molecule has 3 aliphatic heterocycles. The molecule has 5 aromatic carbocycles. The smallest absolute Gasteiger partial charge is 0.137 e. The second kappa shape index (κ2) is 21.5. The molecule has 0 saturated carbocycles. The number of hydrogen-bond donors (Lipinski definition) is 2. The van der Waals surface area contributed by atoms with Crippen LogP contribution in [-0.4, -0.2) is 65.9 Å². The van der Waals surface area contributed by atoms with Crippen molar-refractivity contribution in [3.63, 3.8) is 0 Å². The van der Waals surface area contributed by atoms with Crippen LogP contribution in [0.25, 0.3) is 0 Å². The topological polar surface area (TPSA) is 67.2 Å². The number of nitrogens with zero attached hydrogens (tertiary/aromatic N) is 3. The maximum atomic E-state index is 13.6. The molecule has 11 rings (SSSR count). The normalized spacial score (nSPS) is 24.0. The lowest BCUT2D eigenvalue weighted by molar-refractivity contribution is -0.113. The van der Waals surface area contributed by atoms with Crippen LogP contribution in [0.5, 0.6) is 0 Å². The second-order valence-corrected chi connectivity index (χ2v) is 20.1. The summed E-state index contributed by atoms with van der Waals surface area (Å²) in [5.74, 6) is -0.581. The molecule has 0 unspecified atom stereocenters. The average Bonchev–Trinajstić information content (AvgIpc) is 4.26. The third-order valence-corrected chi connectivity index (χ3v) is 16.1. The van der Waals surface area contributed by atoms with Crippen molar-refractivity contribution in [3.05, 3.63) is 215 Å². The molecule has 3 spiro atoms. The van der Waals surface area contributed by atoms with Crippen LogP contribution in [0.1, 0.15) is 117 Å². The Hall–Kier alpha value is -5.35. The van der Waals surface area contributed by atoms with Crippen LogP contribution in [-0.2, 0) is 24.4 Å². The number of hydrogen-bond acceptors (Lipinski definition) is 6. The van der Waals surface area contributed by atoms with E-state index >= 15 is 0 Å². The van der Waals surface area contributed by atoms with Gasteiger partial charge in [0.15, 0.2) is 0 Å². The number of likely N-dealkylation sites (tertiary alicyclic amines) is 3. The SMILES string of the molecule is O=C[C@H]1CCC2(CC=CC2)N1Cc1ccccc1.O[C@@H](c1cccc(F)c1)[C@H]1CCC2(CC=CC2)N1Cc1ccccc1.O[C@H](c1cccc(F)c1)[C@H]1CCC2(CC=CC2)N1Cc1ccccc1. The van der Waals surface area contributed by atoms with Gasteiger partial charge in [0.2, 0.25) is 0 Å².